The quantitative estimate of drug-likeness (QED) is 0.726. The number of piperidine rings is 1. The molecule has 0 spiro atoms. The summed E-state index contributed by atoms with van der Waals surface area (Å²) in [5.41, 5.74) is 0. The molecular formula is C11H24N2O. The topological polar surface area (TPSA) is 26.7 Å². The highest BCUT2D eigenvalue weighted by molar-refractivity contribution is 4.78. The minimum Gasteiger partial charge on any atom is -0.392 e. The Balaban J connectivity index is 2.26. The van der Waals surface area contributed by atoms with Crippen LogP contribution in [0.15, 0.2) is 0 Å². The first-order chi connectivity index (χ1) is 6.63. The summed E-state index contributed by atoms with van der Waals surface area (Å²) in [6, 6.07) is 0.674. The second-order valence-electron chi connectivity index (χ2n) is 4.45. The molecule has 0 bridgehead atoms. The fourth-order valence-electron chi connectivity index (χ4n) is 2.24. The monoisotopic (exact) mass is 200 g/mol. The average molecular weight is 200 g/mol. The van der Waals surface area contributed by atoms with Gasteiger partial charge in [-0.3, -0.25) is 0 Å². The lowest BCUT2D eigenvalue weighted by molar-refractivity contribution is 0.0830. The van der Waals surface area contributed by atoms with Crippen molar-refractivity contribution in [2.75, 3.05) is 33.2 Å². The minimum absolute atomic E-state index is 0.204. The van der Waals surface area contributed by atoms with Gasteiger partial charge in [-0.15, -0.1) is 0 Å². The third-order valence-electron chi connectivity index (χ3n) is 3.18. The van der Waals surface area contributed by atoms with Crippen LogP contribution in [0, 0.1) is 0 Å². The van der Waals surface area contributed by atoms with Gasteiger partial charge in [-0.05, 0) is 46.4 Å². The van der Waals surface area contributed by atoms with E-state index in [1.165, 1.54) is 32.5 Å². The Morgan fingerprint density at radius 1 is 1.43 bits per heavy atom. The van der Waals surface area contributed by atoms with Crippen LogP contribution in [0.2, 0.25) is 0 Å². The van der Waals surface area contributed by atoms with E-state index in [-0.39, 0.29) is 6.10 Å². The third-order valence-corrected chi connectivity index (χ3v) is 3.18. The molecule has 1 fully saturated rings. The van der Waals surface area contributed by atoms with Crippen LogP contribution < -0.4 is 0 Å². The van der Waals surface area contributed by atoms with Gasteiger partial charge in [0, 0.05) is 12.6 Å². The molecule has 1 aliphatic heterocycles. The summed E-state index contributed by atoms with van der Waals surface area (Å²) in [6.07, 6.45) is 2.29. The van der Waals surface area contributed by atoms with Crippen molar-refractivity contribution in [1.29, 1.82) is 0 Å². The summed E-state index contributed by atoms with van der Waals surface area (Å²) in [5, 5.41) is 9.30. The molecule has 84 valence electrons. The molecule has 3 nitrogen and oxygen atoms in total. The normalized spacial score (nSPS) is 22.9. The molecule has 1 aliphatic rings. The number of likely N-dealkylation sites (tertiary alicyclic amines) is 1. The maximum atomic E-state index is 9.30. The van der Waals surface area contributed by atoms with E-state index in [1.807, 2.05) is 6.92 Å². The van der Waals surface area contributed by atoms with Crippen LogP contribution in [0.3, 0.4) is 0 Å². The Morgan fingerprint density at radius 3 is 2.43 bits per heavy atom. The van der Waals surface area contributed by atoms with Gasteiger partial charge in [0.25, 0.3) is 0 Å². The molecule has 1 saturated heterocycles. The lowest BCUT2D eigenvalue weighted by Gasteiger charge is -2.36. The maximum absolute atomic E-state index is 9.30. The van der Waals surface area contributed by atoms with Crippen molar-refractivity contribution < 1.29 is 5.11 Å². The Hall–Kier alpha value is -0.120. The van der Waals surface area contributed by atoms with Gasteiger partial charge in [-0.25, -0.2) is 0 Å². The van der Waals surface area contributed by atoms with Gasteiger partial charge >= 0.3 is 0 Å². The molecule has 0 radical (unpaired) electrons. The van der Waals surface area contributed by atoms with Crippen LogP contribution in [-0.2, 0) is 0 Å². The molecule has 1 N–H and O–H groups in total. The van der Waals surface area contributed by atoms with Gasteiger partial charge in [0.1, 0.15) is 0 Å². The molecule has 0 aromatic heterocycles. The molecule has 0 unspecified atom stereocenters. The van der Waals surface area contributed by atoms with Gasteiger partial charge < -0.3 is 14.9 Å². The van der Waals surface area contributed by atoms with E-state index in [0.717, 1.165) is 6.54 Å². The summed E-state index contributed by atoms with van der Waals surface area (Å²) in [4.78, 5) is 4.80. The van der Waals surface area contributed by atoms with Crippen molar-refractivity contribution in [1.82, 2.24) is 9.80 Å². The Bertz CT molecular complexity index is 153. The molecule has 1 atom stereocenters. The maximum Gasteiger partial charge on any atom is 0.0639 e. The van der Waals surface area contributed by atoms with Crippen LogP contribution in [-0.4, -0.2) is 60.3 Å². The van der Waals surface area contributed by atoms with E-state index in [9.17, 15) is 5.11 Å². The summed E-state index contributed by atoms with van der Waals surface area (Å²) < 4.78 is 0. The standard InChI is InChI=1S/C11H24N2O/c1-4-13-7-5-11(6-8-13)12(3)9-10(2)14/h10-11,14H,4-9H2,1-3H3/t10-/m0/s1. The highest BCUT2D eigenvalue weighted by Gasteiger charge is 2.21. The highest BCUT2D eigenvalue weighted by atomic mass is 16.3. The Kier molecular flexibility index (Phi) is 4.85. The SMILES string of the molecule is CCN1CCC(N(C)C[C@H](C)O)CC1. The average Bonchev–Trinajstić information content (AvgIpc) is 2.17. The molecule has 0 saturated carbocycles. The zero-order valence-electron chi connectivity index (χ0n) is 9.74. The van der Waals surface area contributed by atoms with Crippen molar-refractivity contribution in [2.45, 2.75) is 38.8 Å². The molecule has 1 rings (SSSR count). The molecular weight excluding hydrogens is 176 g/mol. The van der Waals surface area contributed by atoms with Gasteiger partial charge in [-0.2, -0.15) is 0 Å². The van der Waals surface area contributed by atoms with Gasteiger partial charge in [-0.1, -0.05) is 6.92 Å². The molecule has 0 aliphatic carbocycles. The minimum atomic E-state index is -0.204. The first-order valence-corrected chi connectivity index (χ1v) is 5.74. The van der Waals surface area contributed by atoms with E-state index in [2.05, 4.69) is 23.8 Å². The Morgan fingerprint density at radius 2 is 2.00 bits per heavy atom. The smallest absolute Gasteiger partial charge is 0.0639 e. The molecule has 14 heavy (non-hydrogen) atoms. The second kappa shape index (κ2) is 5.69. The Labute approximate surface area is 87.7 Å². The molecule has 1 heterocycles. The van der Waals surface area contributed by atoms with E-state index >= 15 is 0 Å². The lowest BCUT2D eigenvalue weighted by Crippen LogP contribution is -2.45. The number of hydrogen-bond donors (Lipinski definition) is 1. The van der Waals surface area contributed by atoms with E-state index in [0.29, 0.717) is 6.04 Å². The predicted octanol–water partition coefficient (Wildman–Crippen LogP) is 0.783. The summed E-state index contributed by atoms with van der Waals surface area (Å²) >= 11 is 0. The number of nitrogens with zero attached hydrogens (tertiary/aromatic N) is 2. The van der Waals surface area contributed by atoms with Gasteiger partial charge in [0.2, 0.25) is 0 Å². The van der Waals surface area contributed by atoms with Gasteiger partial charge in [0.05, 0.1) is 6.10 Å². The first-order valence-electron chi connectivity index (χ1n) is 5.74. The van der Waals surface area contributed by atoms with Crippen LogP contribution in [0.4, 0.5) is 0 Å². The lowest BCUT2D eigenvalue weighted by atomic mass is 10.0. The fraction of sp³-hybridized carbons (Fsp3) is 1.00. The van der Waals surface area contributed by atoms with E-state index < -0.39 is 0 Å². The van der Waals surface area contributed by atoms with Crippen LogP contribution in [0.1, 0.15) is 26.7 Å². The number of aliphatic hydroxyl groups excluding tert-OH is 1. The van der Waals surface area contributed by atoms with Crippen molar-refractivity contribution in [3.63, 3.8) is 0 Å². The van der Waals surface area contributed by atoms with E-state index in [1.54, 1.807) is 0 Å². The number of hydrogen-bond acceptors (Lipinski definition) is 3. The van der Waals surface area contributed by atoms with Crippen molar-refractivity contribution in [3.8, 4) is 0 Å². The highest BCUT2D eigenvalue weighted by Crippen LogP contribution is 2.15. The zero-order chi connectivity index (χ0) is 10.6. The summed E-state index contributed by atoms with van der Waals surface area (Å²) in [5.74, 6) is 0. The third kappa shape index (κ3) is 3.56. The first kappa shape index (κ1) is 12.0. The van der Waals surface area contributed by atoms with Gasteiger partial charge in [0.15, 0.2) is 0 Å². The number of aliphatic hydroxyl groups is 1. The predicted molar refractivity (Wildman–Crippen MR) is 59.4 cm³/mol. The molecule has 3 heteroatoms. The summed E-state index contributed by atoms with van der Waals surface area (Å²) in [7, 11) is 2.12. The van der Waals surface area contributed by atoms with E-state index in [4.69, 9.17) is 0 Å². The largest absolute Gasteiger partial charge is 0.392 e. The van der Waals surface area contributed by atoms with Crippen LogP contribution in [0.5, 0.6) is 0 Å². The second-order valence-corrected chi connectivity index (χ2v) is 4.45. The summed E-state index contributed by atoms with van der Waals surface area (Å²) in [6.45, 7) is 8.48. The van der Waals surface area contributed by atoms with Crippen molar-refractivity contribution >= 4 is 0 Å². The number of likely N-dealkylation sites (N-methyl/N-ethyl adjacent to an activating group) is 1. The molecule has 0 amide bonds. The number of rotatable bonds is 4. The zero-order valence-corrected chi connectivity index (χ0v) is 9.74. The fourth-order valence-corrected chi connectivity index (χ4v) is 2.24. The molecule has 0 aromatic rings. The van der Waals surface area contributed by atoms with Crippen LogP contribution in [0.25, 0.3) is 0 Å². The van der Waals surface area contributed by atoms with Crippen molar-refractivity contribution in [2.24, 2.45) is 0 Å². The van der Waals surface area contributed by atoms with Crippen LogP contribution >= 0.6 is 0 Å². The molecule has 0 aromatic carbocycles. The van der Waals surface area contributed by atoms with Crippen molar-refractivity contribution in [3.05, 3.63) is 0 Å².